The Bertz CT molecular complexity index is 1100. The van der Waals surface area contributed by atoms with Crippen molar-refractivity contribution in [2.75, 3.05) is 12.3 Å². The van der Waals surface area contributed by atoms with E-state index in [0.29, 0.717) is 31.6 Å². The Labute approximate surface area is 171 Å². The van der Waals surface area contributed by atoms with Gasteiger partial charge in [0.1, 0.15) is 5.75 Å². The SMILES string of the molecule is CCOc1ccc2c(c1)c(N)c(C1=CCC(N(N)S(=O)(=O)C3CC3)C=C1)n2CC. The fourth-order valence-electron chi connectivity index (χ4n) is 3.96. The highest BCUT2D eigenvalue weighted by Crippen LogP contribution is 2.38. The lowest BCUT2D eigenvalue weighted by Crippen LogP contribution is -2.46. The van der Waals surface area contributed by atoms with Gasteiger partial charge in [-0.1, -0.05) is 18.2 Å². The maximum Gasteiger partial charge on any atom is 0.230 e. The van der Waals surface area contributed by atoms with E-state index in [0.717, 1.165) is 38.9 Å². The number of allylic oxidation sites excluding steroid dienone is 2. The highest BCUT2D eigenvalue weighted by molar-refractivity contribution is 7.90. The van der Waals surface area contributed by atoms with Crippen LogP contribution in [0.25, 0.3) is 16.5 Å². The number of ether oxygens (including phenoxy) is 1. The molecule has 1 fully saturated rings. The Hall–Kier alpha value is -2.29. The quantitative estimate of drug-likeness (QED) is 0.533. The highest BCUT2D eigenvalue weighted by atomic mass is 32.2. The van der Waals surface area contributed by atoms with Gasteiger partial charge in [-0.2, -0.15) is 0 Å². The summed E-state index contributed by atoms with van der Waals surface area (Å²) in [6.07, 6.45) is 7.72. The number of benzene rings is 1. The molecule has 2 aromatic rings. The minimum absolute atomic E-state index is 0.316. The van der Waals surface area contributed by atoms with E-state index in [1.54, 1.807) is 0 Å². The molecular weight excluding hydrogens is 388 g/mol. The van der Waals surface area contributed by atoms with Crippen LogP contribution in [0, 0.1) is 0 Å². The topological polar surface area (TPSA) is 104 Å². The van der Waals surface area contributed by atoms with Crippen molar-refractivity contribution in [1.29, 1.82) is 0 Å². The predicted molar refractivity (Wildman–Crippen MR) is 117 cm³/mol. The number of hydrazine groups is 1. The number of fused-ring (bicyclic) bond motifs is 1. The first-order valence-electron chi connectivity index (χ1n) is 10.1. The summed E-state index contributed by atoms with van der Waals surface area (Å²) < 4.78 is 33.7. The third-order valence-corrected chi connectivity index (χ3v) is 7.79. The summed E-state index contributed by atoms with van der Waals surface area (Å²) >= 11 is 0. The first kappa shape index (κ1) is 20.0. The number of nitrogens with zero attached hydrogens (tertiary/aromatic N) is 2. The van der Waals surface area contributed by atoms with Crippen LogP contribution in [0.3, 0.4) is 0 Å². The second-order valence-corrected chi connectivity index (χ2v) is 9.63. The van der Waals surface area contributed by atoms with Crippen LogP contribution >= 0.6 is 0 Å². The first-order chi connectivity index (χ1) is 13.9. The van der Waals surface area contributed by atoms with E-state index in [1.807, 2.05) is 43.4 Å². The fraction of sp³-hybridized carbons (Fsp3) is 0.429. The maximum atomic E-state index is 12.4. The van der Waals surface area contributed by atoms with Crippen LogP contribution in [-0.4, -0.2) is 35.3 Å². The van der Waals surface area contributed by atoms with E-state index in [9.17, 15) is 8.42 Å². The number of rotatable bonds is 7. The van der Waals surface area contributed by atoms with E-state index in [4.69, 9.17) is 16.3 Å². The van der Waals surface area contributed by atoms with Crippen LogP contribution in [0.4, 0.5) is 5.69 Å². The number of nitrogen functional groups attached to an aromatic ring is 1. The number of hydrogen-bond acceptors (Lipinski definition) is 5. The van der Waals surface area contributed by atoms with Gasteiger partial charge in [0.05, 0.1) is 34.8 Å². The van der Waals surface area contributed by atoms with Crippen LogP contribution in [0.2, 0.25) is 0 Å². The first-order valence-corrected chi connectivity index (χ1v) is 11.6. The molecule has 1 heterocycles. The smallest absolute Gasteiger partial charge is 0.230 e. The summed E-state index contributed by atoms with van der Waals surface area (Å²) in [5.41, 5.74) is 10.2. The van der Waals surface area contributed by atoms with Crippen LogP contribution < -0.4 is 16.3 Å². The van der Waals surface area contributed by atoms with Gasteiger partial charge in [-0.3, -0.25) is 5.84 Å². The third kappa shape index (κ3) is 3.45. The molecule has 1 saturated carbocycles. The van der Waals surface area contributed by atoms with Crippen molar-refractivity contribution in [3.05, 3.63) is 42.1 Å². The monoisotopic (exact) mass is 416 g/mol. The van der Waals surface area contributed by atoms with Gasteiger partial charge in [-0.25, -0.2) is 8.42 Å². The number of aryl methyl sites for hydroxylation is 1. The summed E-state index contributed by atoms with van der Waals surface area (Å²) in [5, 5.41) is 0.644. The molecule has 4 rings (SSSR count). The van der Waals surface area contributed by atoms with Crippen molar-refractivity contribution in [2.24, 2.45) is 5.84 Å². The molecule has 156 valence electrons. The van der Waals surface area contributed by atoms with E-state index in [1.165, 1.54) is 0 Å². The summed E-state index contributed by atoms with van der Waals surface area (Å²) in [4.78, 5) is 0. The zero-order valence-corrected chi connectivity index (χ0v) is 17.7. The summed E-state index contributed by atoms with van der Waals surface area (Å²) in [5.74, 6) is 6.76. The van der Waals surface area contributed by atoms with Gasteiger partial charge in [0.2, 0.25) is 10.0 Å². The number of anilines is 1. The highest BCUT2D eigenvalue weighted by Gasteiger charge is 2.41. The van der Waals surface area contributed by atoms with E-state index in [-0.39, 0.29) is 11.3 Å². The maximum absolute atomic E-state index is 12.4. The molecule has 0 spiro atoms. The molecule has 1 aromatic heterocycles. The minimum atomic E-state index is -3.41. The van der Waals surface area contributed by atoms with Crippen molar-refractivity contribution in [3.63, 3.8) is 0 Å². The third-order valence-electron chi connectivity index (χ3n) is 5.62. The normalized spacial score (nSPS) is 19.7. The average Bonchev–Trinajstić information content (AvgIpc) is 3.54. The standard InChI is InChI=1S/C21H28N4O3S/c1-3-24-19-12-9-16(28-4-2)13-18(19)20(22)21(24)14-5-7-15(8-6-14)25(23)29(26,27)17-10-11-17/h5-7,9,12-13,15,17H,3-4,8,10-11,22-23H2,1-2H3. The molecule has 2 aliphatic carbocycles. The largest absolute Gasteiger partial charge is 0.494 e. The molecule has 7 nitrogen and oxygen atoms in total. The molecule has 0 bridgehead atoms. The van der Waals surface area contributed by atoms with Gasteiger partial charge < -0.3 is 15.0 Å². The molecule has 0 amide bonds. The molecule has 0 aliphatic heterocycles. The van der Waals surface area contributed by atoms with Crippen LogP contribution in [0.1, 0.15) is 38.8 Å². The molecule has 4 N–H and O–H groups in total. The van der Waals surface area contributed by atoms with Crippen molar-refractivity contribution in [3.8, 4) is 5.75 Å². The minimum Gasteiger partial charge on any atom is -0.494 e. The Morgan fingerprint density at radius 2 is 2.03 bits per heavy atom. The molecule has 0 saturated heterocycles. The zero-order chi connectivity index (χ0) is 20.8. The van der Waals surface area contributed by atoms with Crippen LogP contribution in [0.15, 0.2) is 36.4 Å². The Balaban J connectivity index is 1.66. The lowest BCUT2D eigenvalue weighted by Gasteiger charge is -2.26. The van der Waals surface area contributed by atoms with E-state index in [2.05, 4.69) is 11.5 Å². The Kier molecular flexibility index (Phi) is 5.18. The van der Waals surface area contributed by atoms with Crippen molar-refractivity contribution in [1.82, 2.24) is 8.98 Å². The lowest BCUT2D eigenvalue weighted by atomic mass is 10.00. The molecule has 0 radical (unpaired) electrons. The number of nitrogens with two attached hydrogens (primary N) is 2. The molecule has 1 unspecified atom stereocenters. The molecule has 8 heteroatoms. The number of aromatic nitrogens is 1. The Morgan fingerprint density at radius 1 is 1.28 bits per heavy atom. The van der Waals surface area contributed by atoms with Gasteiger partial charge >= 0.3 is 0 Å². The Morgan fingerprint density at radius 3 is 2.62 bits per heavy atom. The van der Waals surface area contributed by atoms with E-state index < -0.39 is 10.0 Å². The van der Waals surface area contributed by atoms with Crippen molar-refractivity contribution >= 4 is 32.2 Å². The number of hydrogen-bond donors (Lipinski definition) is 2. The van der Waals surface area contributed by atoms with Crippen LogP contribution in [-0.2, 0) is 16.6 Å². The van der Waals surface area contributed by atoms with Crippen molar-refractivity contribution < 1.29 is 13.2 Å². The van der Waals surface area contributed by atoms with Gasteiger partial charge in [0.15, 0.2) is 0 Å². The van der Waals surface area contributed by atoms with Gasteiger partial charge in [0, 0.05) is 11.9 Å². The van der Waals surface area contributed by atoms with Crippen molar-refractivity contribution in [2.45, 2.75) is 50.9 Å². The summed E-state index contributed by atoms with van der Waals surface area (Å²) in [7, 11) is -3.41. The molecule has 29 heavy (non-hydrogen) atoms. The average molecular weight is 417 g/mol. The lowest BCUT2D eigenvalue weighted by molar-refractivity contribution is 0.340. The van der Waals surface area contributed by atoms with Gasteiger partial charge in [-0.15, -0.1) is 4.41 Å². The summed E-state index contributed by atoms with van der Waals surface area (Å²) in [6.45, 7) is 5.40. The summed E-state index contributed by atoms with van der Waals surface area (Å²) in [6, 6.07) is 5.60. The van der Waals surface area contributed by atoms with E-state index >= 15 is 0 Å². The fourth-order valence-corrected chi connectivity index (χ4v) is 5.57. The molecule has 2 aliphatic rings. The zero-order valence-electron chi connectivity index (χ0n) is 16.8. The number of sulfonamides is 1. The second kappa shape index (κ2) is 7.51. The second-order valence-electron chi connectivity index (χ2n) is 7.51. The molecule has 1 aromatic carbocycles. The predicted octanol–water partition coefficient (Wildman–Crippen LogP) is 3.02. The molecular formula is C21H28N4O3S. The van der Waals surface area contributed by atoms with Crippen LogP contribution in [0.5, 0.6) is 5.75 Å². The van der Waals surface area contributed by atoms with Gasteiger partial charge in [-0.05, 0) is 56.9 Å². The molecule has 1 atom stereocenters. The van der Waals surface area contributed by atoms with Gasteiger partial charge in [0.25, 0.3) is 0 Å².